The molecule has 0 saturated heterocycles. The van der Waals surface area contributed by atoms with Crippen molar-refractivity contribution < 1.29 is 13.9 Å². The summed E-state index contributed by atoms with van der Waals surface area (Å²) in [5.41, 5.74) is 3.69. The predicted octanol–water partition coefficient (Wildman–Crippen LogP) is 3.37. The van der Waals surface area contributed by atoms with Gasteiger partial charge in [-0.1, -0.05) is 12.1 Å². The number of hydrogen-bond donors (Lipinski definition) is 1. The number of carbonyl (C=O) groups excluding carboxylic acids is 1. The normalized spacial score (nSPS) is 10.7. The molecule has 4 aromatic rings. The lowest BCUT2D eigenvalue weighted by Crippen LogP contribution is -2.25. The fourth-order valence-corrected chi connectivity index (χ4v) is 2.43. The first-order valence-electron chi connectivity index (χ1n) is 7.68. The van der Waals surface area contributed by atoms with Gasteiger partial charge in [-0.15, -0.1) is 0 Å². The molecule has 0 aliphatic carbocycles. The number of rotatable bonds is 3. The van der Waals surface area contributed by atoms with Crippen molar-refractivity contribution >= 4 is 17.1 Å². The molecule has 1 aromatic carbocycles. The third-order valence-electron chi connectivity index (χ3n) is 3.58. The van der Waals surface area contributed by atoms with Gasteiger partial charge in [-0.3, -0.25) is 0 Å². The predicted molar refractivity (Wildman–Crippen MR) is 92.5 cm³/mol. The summed E-state index contributed by atoms with van der Waals surface area (Å²) in [5.74, 6) is 0.114. The first kappa shape index (κ1) is 15.7. The van der Waals surface area contributed by atoms with E-state index in [0.29, 0.717) is 17.0 Å². The van der Waals surface area contributed by atoms with E-state index < -0.39 is 6.09 Å². The minimum Gasteiger partial charge on any atom is -0.406 e. The molecule has 0 aliphatic rings. The number of benzene rings is 1. The largest absolute Gasteiger partial charge is 0.432 e. The Morgan fingerprint density at radius 3 is 2.73 bits per heavy atom. The Labute approximate surface area is 147 Å². The van der Waals surface area contributed by atoms with Crippen LogP contribution in [0.25, 0.3) is 22.4 Å². The Balaban J connectivity index is 1.46. The average molecular weight is 349 g/mol. The van der Waals surface area contributed by atoms with Crippen LogP contribution in [0.1, 0.15) is 0 Å². The summed E-state index contributed by atoms with van der Waals surface area (Å²) in [7, 11) is 0. The monoisotopic (exact) mass is 349 g/mol. The van der Waals surface area contributed by atoms with Crippen LogP contribution in [0.5, 0.6) is 5.75 Å². The van der Waals surface area contributed by atoms with Crippen molar-refractivity contribution in [3.8, 4) is 17.1 Å². The number of carbonyl (C=O) groups is 1. The zero-order valence-corrected chi connectivity index (χ0v) is 13.3. The molecule has 0 atom stereocenters. The summed E-state index contributed by atoms with van der Waals surface area (Å²) in [6.07, 6.45) is 5.28. The van der Waals surface area contributed by atoms with Crippen molar-refractivity contribution in [2.75, 3.05) is 5.43 Å². The molecular formula is C18H12FN5O2. The Hall–Kier alpha value is -3.81. The third-order valence-corrected chi connectivity index (χ3v) is 3.58. The molecule has 4 rings (SSSR count). The van der Waals surface area contributed by atoms with E-state index in [9.17, 15) is 9.18 Å². The summed E-state index contributed by atoms with van der Waals surface area (Å²) in [6, 6.07) is 11.4. The van der Waals surface area contributed by atoms with E-state index in [2.05, 4.69) is 20.4 Å². The molecule has 0 aliphatic heterocycles. The second-order valence-corrected chi connectivity index (χ2v) is 5.36. The molecule has 0 spiro atoms. The molecule has 0 bridgehead atoms. The zero-order chi connectivity index (χ0) is 17.9. The Morgan fingerprint density at radius 1 is 1.08 bits per heavy atom. The number of aromatic nitrogens is 4. The van der Waals surface area contributed by atoms with Crippen LogP contribution in [-0.2, 0) is 0 Å². The van der Waals surface area contributed by atoms with Crippen LogP contribution in [0, 0.1) is 5.82 Å². The number of ether oxygens (including phenoxy) is 1. The van der Waals surface area contributed by atoms with Gasteiger partial charge < -0.3 is 4.74 Å². The van der Waals surface area contributed by atoms with Crippen molar-refractivity contribution in [2.24, 2.45) is 0 Å². The van der Waals surface area contributed by atoms with Gasteiger partial charge in [-0.25, -0.2) is 34.2 Å². The zero-order valence-electron chi connectivity index (χ0n) is 13.3. The molecular weight excluding hydrogens is 337 g/mol. The minimum absolute atomic E-state index is 0.159. The molecule has 7 nitrogen and oxygen atoms in total. The molecule has 26 heavy (non-hydrogen) atoms. The summed E-state index contributed by atoms with van der Waals surface area (Å²) in [6.45, 7) is 0. The summed E-state index contributed by atoms with van der Waals surface area (Å²) in [4.78, 5) is 24.4. The van der Waals surface area contributed by atoms with Crippen LogP contribution in [0.15, 0.2) is 67.3 Å². The molecule has 3 aromatic heterocycles. The van der Waals surface area contributed by atoms with E-state index in [1.165, 1.54) is 29.2 Å². The highest BCUT2D eigenvalue weighted by atomic mass is 19.1. The maximum absolute atomic E-state index is 13.3. The van der Waals surface area contributed by atoms with Gasteiger partial charge in [0.05, 0.1) is 12.4 Å². The second-order valence-electron chi connectivity index (χ2n) is 5.36. The first-order valence-corrected chi connectivity index (χ1v) is 7.68. The molecule has 0 radical (unpaired) electrons. The molecule has 3 heterocycles. The lowest BCUT2D eigenvalue weighted by atomic mass is 10.2. The number of nitrogens with zero attached hydrogens (tertiary/aromatic N) is 4. The van der Waals surface area contributed by atoms with Gasteiger partial charge in [-0.2, -0.15) is 0 Å². The third kappa shape index (κ3) is 3.20. The van der Waals surface area contributed by atoms with Gasteiger partial charge in [0.2, 0.25) is 0 Å². The Kier molecular flexibility index (Phi) is 3.98. The molecule has 0 fully saturated rings. The Morgan fingerprint density at radius 2 is 1.92 bits per heavy atom. The average Bonchev–Trinajstić information content (AvgIpc) is 3.05. The summed E-state index contributed by atoms with van der Waals surface area (Å²) < 4.78 is 19.9. The van der Waals surface area contributed by atoms with Gasteiger partial charge in [0.25, 0.3) is 0 Å². The van der Waals surface area contributed by atoms with Gasteiger partial charge in [0.1, 0.15) is 5.82 Å². The minimum atomic E-state index is -0.713. The summed E-state index contributed by atoms with van der Waals surface area (Å²) >= 11 is 0. The fourth-order valence-electron chi connectivity index (χ4n) is 2.43. The smallest absolute Gasteiger partial charge is 0.406 e. The molecule has 8 heteroatoms. The SMILES string of the molecule is O=C(Nn1ccc2cccnc21)Oc1cnc(-c2cccc(F)c2)nc1. The van der Waals surface area contributed by atoms with Crippen LogP contribution >= 0.6 is 0 Å². The van der Waals surface area contributed by atoms with Crippen LogP contribution in [0.2, 0.25) is 0 Å². The van der Waals surface area contributed by atoms with E-state index in [1.807, 2.05) is 18.2 Å². The van der Waals surface area contributed by atoms with Gasteiger partial charge in [0, 0.05) is 23.3 Å². The highest BCUT2D eigenvalue weighted by molar-refractivity contribution is 5.82. The highest BCUT2D eigenvalue weighted by Crippen LogP contribution is 2.17. The van der Waals surface area contributed by atoms with Crippen LogP contribution < -0.4 is 10.2 Å². The first-order chi connectivity index (χ1) is 12.7. The lowest BCUT2D eigenvalue weighted by molar-refractivity contribution is 0.211. The van der Waals surface area contributed by atoms with Crippen LogP contribution in [0.3, 0.4) is 0 Å². The highest BCUT2D eigenvalue weighted by Gasteiger charge is 2.09. The number of hydrogen-bond acceptors (Lipinski definition) is 5. The van der Waals surface area contributed by atoms with E-state index in [1.54, 1.807) is 24.5 Å². The molecule has 1 amide bonds. The number of fused-ring (bicyclic) bond motifs is 1. The maximum atomic E-state index is 13.3. The van der Waals surface area contributed by atoms with E-state index in [0.717, 1.165) is 5.39 Å². The van der Waals surface area contributed by atoms with E-state index in [4.69, 9.17) is 4.74 Å². The Bertz CT molecular complexity index is 1080. The lowest BCUT2D eigenvalue weighted by Gasteiger charge is -2.08. The second kappa shape index (κ2) is 6.60. The number of pyridine rings is 1. The summed E-state index contributed by atoms with van der Waals surface area (Å²) in [5, 5.41) is 0.885. The standard InChI is InChI=1S/C18H12FN5O2/c19-14-5-1-3-13(9-14)16-21-10-15(11-22-16)26-18(25)23-24-8-6-12-4-2-7-20-17(12)24/h1-11H,(H,23,25). The van der Waals surface area contributed by atoms with Crippen molar-refractivity contribution in [1.82, 2.24) is 19.6 Å². The maximum Gasteiger partial charge on any atom is 0.432 e. The molecule has 1 N–H and O–H groups in total. The molecule has 128 valence electrons. The van der Waals surface area contributed by atoms with Gasteiger partial charge >= 0.3 is 6.09 Å². The fraction of sp³-hybridized carbons (Fsp3) is 0. The van der Waals surface area contributed by atoms with Crippen molar-refractivity contribution in [3.63, 3.8) is 0 Å². The van der Waals surface area contributed by atoms with E-state index in [-0.39, 0.29) is 11.6 Å². The molecule has 0 unspecified atom stereocenters. The van der Waals surface area contributed by atoms with Crippen LogP contribution in [-0.4, -0.2) is 25.7 Å². The van der Waals surface area contributed by atoms with Gasteiger partial charge in [0.15, 0.2) is 17.2 Å². The number of halogens is 1. The number of amides is 1. The molecule has 0 saturated carbocycles. The quantitative estimate of drug-likeness (QED) is 0.613. The van der Waals surface area contributed by atoms with Crippen molar-refractivity contribution in [3.05, 3.63) is 73.1 Å². The van der Waals surface area contributed by atoms with Crippen molar-refractivity contribution in [1.29, 1.82) is 0 Å². The topological polar surface area (TPSA) is 81.9 Å². The van der Waals surface area contributed by atoms with E-state index >= 15 is 0 Å². The number of nitrogens with one attached hydrogen (secondary N) is 1. The van der Waals surface area contributed by atoms with Crippen molar-refractivity contribution in [2.45, 2.75) is 0 Å². The van der Waals surface area contributed by atoms with Crippen LogP contribution in [0.4, 0.5) is 9.18 Å². The van der Waals surface area contributed by atoms with Gasteiger partial charge in [-0.05, 0) is 30.3 Å².